The topological polar surface area (TPSA) is 93.6 Å². The lowest BCUT2D eigenvalue weighted by atomic mass is 10.2. The van der Waals surface area contributed by atoms with Crippen molar-refractivity contribution in [3.63, 3.8) is 0 Å². The molecule has 1 aromatic rings. The summed E-state index contributed by atoms with van der Waals surface area (Å²) in [5, 5.41) is 11.5. The van der Waals surface area contributed by atoms with E-state index in [0.717, 1.165) is 44.2 Å². The fraction of sp³-hybridized carbons (Fsp3) is 0.545. The molecule has 0 radical (unpaired) electrons. The molecule has 0 saturated carbocycles. The van der Waals surface area contributed by atoms with E-state index in [0.29, 0.717) is 4.74 Å². The van der Waals surface area contributed by atoms with Crippen molar-refractivity contribution in [3.05, 3.63) is 23.3 Å². The Balaban J connectivity index is 2.68. The molecule has 1 heterocycles. The molecule has 0 aliphatic rings. The molecule has 0 bridgehead atoms. The summed E-state index contributed by atoms with van der Waals surface area (Å²) < 4.78 is 36.3. The summed E-state index contributed by atoms with van der Waals surface area (Å²) in [6.45, 7) is 2.34. The van der Waals surface area contributed by atoms with Crippen molar-refractivity contribution in [3.8, 4) is 0 Å². The van der Waals surface area contributed by atoms with Crippen LogP contribution in [-0.2, 0) is 10.1 Å². The Morgan fingerprint density at radius 3 is 2.78 bits per heavy atom. The van der Waals surface area contributed by atoms with Crippen LogP contribution in [0.2, 0.25) is 0 Å². The molecule has 6 nitrogen and oxygen atoms in total. The second kappa shape index (κ2) is 6.55. The number of rotatable bonds is 7. The van der Waals surface area contributed by atoms with E-state index in [1.807, 2.05) is 0 Å². The lowest BCUT2D eigenvalue weighted by molar-refractivity contribution is -0.453. The van der Waals surface area contributed by atoms with E-state index in [1.165, 1.54) is 0 Å². The van der Waals surface area contributed by atoms with Gasteiger partial charge < -0.3 is 9.62 Å². The van der Waals surface area contributed by atoms with Crippen molar-refractivity contribution in [1.29, 1.82) is 0 Å². The third kappa shape index (κ3) is 4.50. The fourth-order valence-electron chi connectivity index (χ4n) is 1.51. The SMILES string of the molecule is CCCCCC[N+]([O-])=Cc1occc1S(=O)(=O)O. The zero-order valence-corrected chi connectivity index (χ0v) is 11.0. The van der Waals surface area contributed by atoms with Crippen LogP contribution >= 0.6 is 0 Å². The molecular formula is C11H17NO5S. The van der Waals surface area contributed by atoms with Crippen LogP contribution in [0.3, 0.4) is 0 Å². The average Bonchev–Trinajstić information content (AvgIpc) is 2.72. The highest BCUT2D eigenvalue weighted by atomic mass is 32.2. The minimum atomic E-state index is -4.36. The maximum Gasteiger partial charge on any atom is 0.298 e. The Hall–Kier alpha value is -1.34. The van der Waals surface area contributed by atoms with Gasteiger partial charge in [0.25, 0.3) is 10.1 Å². The molecule has 0 aromatic carbocycles. The van der Waals surface area contributed by atoms with Crippen LogP contribution in [-0.4, -0.2) is 30.5 Å². The third-order valence-electron chi connectivity index (χ3n) is 2.43. The van der Waals surface area contributed by atoms with Crippen molar-refractivity contribution in [1.82, 2.24) is 0 Å². The number of nitrogens with zero attached hydrogens (tertiary/aromatic N) is 1. The summed E-state index contributed by atoms with van der Waals surface area (Å²) in [6.07, 6.45) is 5.97. The largest absolute Gasteiger partial charge is 0.624 e. The van der Waals surface area contributed by atoms with Crippen LogP contribution in [0.15, 0.2) is 21.6 Å². The normalized spacial score (nSPS) is 12.9. The highest BCUT2D eigenvalue weighted by Gasteiger charge is 2.19. The van der Waals surface area contributed by atoms with Crippen LogP contribution < -0.4 is 0 Å². The number of furan rings is 1. The smallest absolute Gasteiger partial charge is 0.298 e. The van der Waals surface area contributed by atoms with Crippen molar-refractivity contribution < 1.29 is 22.1 Å². The zero-order valence-electron chi connectivity index (χ0n) is 10.2. The van der Waals surface area contributed by atoms with Gasteiger partial charge in [0.15, 0.2) is 6.54 Å². The van der Waals surface area contributed by atoms with E-state index in [4.69, 9.17) is 8.97 Å². The summed E-state index contributed by atoms with van der Waals surface area (Å²) in [6, 6.07) is 1.10. The van der Waals surface area contributed by atoms with Gasteiger partial charge >= 0.3 is 0 Å². The Kier molecular flexibility index (Phi) is 5.36. The van der Waals surface area contributed by atoms with Gasteiger partial charge in [0.2, 0.25) is 12.0 Å². The summed E-state index contributed by atoms with van der Waals surface area (Å²) in [5.41, 5.74) is 0. The van der Waals surface area contributed by atoms with Gasteiger partial charge in [-0.3, -0.25) is 4.55 Å². The molecule has 0 spiro atoms. The molecule has 0 atom stereocenters. The molecule has 0 aliphatic heterocycles. The molecule has 0 saturated heterocycles. The van der Waals surface area contributed by atoms with Crippen LogP contribution in [0.5, 0.6) is 0 Å². The average molecular weight is 275 g/mol. The van der Waals surface area contributed by atoms with Gasteiger partial charge in [0.05, 0.1) is 6.26 Å². The summed E-state index contributed by atoms with van der Waals surface area (Å²) in [7, 11) is -4.36. The first-order valence-electron chi connectivity index (χ1n) is 5.78. The number of unbranched alkanes of at least 4 members (excludes halogenated alkanes) is 3. The molecular weight excluding hydrogens is 258 g/mol. The Labute approximate surface area is 106 Å². The second-order valence-corrected chi connectivity index (χ2v) is 5.34. The van der Waals surface area contributed by atoms with E-state index >= 15 is 0 Å². The second-order valence-electron chi connectivity index (χ2n) is 3.95. The van der Waals surface area contributed by atoms with Crippen molar-refractivity contribution in [2.24, 2.45) is 0 Å². The van der Waals surface area contributed by atoms with E-state index in [1.54, 1.807) is 0 Å². The van der Waals surface area contributed by atoms with Gasteiger partial charge in [-0.25, -0.2) is 4.74 Å². The first-order chi connectivity index (χ1) is 8.45. The summed E-state index contributed by atoms with van der Waals surface area (Å²) >= 11 is 0. The van der Waals surface area contributed by atoms with E-state index in [9.17, 15) is 13.6 Å². The molecule has 0 unspecified atom stereocenters. The Morgan fingerprint density at radius 2 is 2.17 bits per heavy atom. The molecule has 0 aliphatic carbocycles. The fourth-order valence-corrected chi connectivity index (χ4v) is 2.09. The van der Waals surface area contributed by atoms with Gasteiger partial charge in [-0.15, -0.1) is 0 Å². The molecule has 0 fully saturated rings. The maximum atomic E-state index is 11.5. The van der Waals surface area contributed by atoms with E-state index in [2.05, 4.69) is 6.92 Å². The molecule has 18 heavy (non-hydrogen) atoms. The summed E-state index contributed by atoms with van der Waals surface area (Å²) in [5.74, 6) is -0.150. The van der Waals surface area contributed by atoms with Crippen LogP contribution in [0, 0.1) is 5.21 Å². The number of hydrogen-bond donors (Lipinski definition) is 1. The Bertz CT molecular complexity index is 503. The van der Waals surface area contributed by atoms with Crippen molar-refractivity contribution in [2.75, 3.05) is 6.54 Å². The van der Waals surface area contributed by atoms with E-state index in [-0.39, 0.29) is 12.3 Å². The van der Waals surface area contributed by atoms with Gasteiger partial charge in [0, 0.05) is 6.42 Å². The monoisotopic (exact) mass is 275 g/mol. The zero-order chi connectivity index (χ0) is 13.6. The Morgan fingerprint density at radius 1 is 1.44 bits per heavy atom. The number of hydroxylamine groups is 1. The lowest BCUT2D eigenvalue weighted by Gasteiger charge is -2.03. The van der Waals surface area contributed by atoms with Gasteiger partial charge in [-0.1, -0.05) is 19.8 Å². The molecule has 1 rings (SSSR count). The standard InChI is InChI=1S/C11H17NO5S/c1-2-3-4-5-7-12(13)9-10-11(6-8-17-10)18(14,15)16/h6,8-9H,2-5,7H2,1H3,(H,14,15,16). The first kappa shape index (κ1) is 14.7. The van der Waals surface area contributed by atoms with E-state index < -0.39 is 15.0 Å². The minimum Gasteiger partial charge on any atom is -0.624 e. The molecule has 102 valence electrons. The maximum absolute atomic E-state index is 11.5. The molecule has 7 heteroatoms. The van der Waals surface area contributed by atoms with Gasteiger partial charge in [-0.05, 0) is 12.5 Å². The highest BCUT2D eigenvalue weighted by molar-refractivity contribution is 7.86. The third-order valence-corrected chi connectivity index (χ3v) is 3.32. The highest BCUT2D eigenvalue weighted by Crippen LogP contribution is 2.14. The van der Waals surface area contributed by atoms with Gasteiger partial charge in [0.1, 0.15) is 4.90 Å². The van der Waals surface area contributed by atoms with Gasteiger partial charge in [-0.2, -0.15) is 8.42 Å². The quantitative estimate of drug-likeness (QED) is 0.205. The van der Waals surface area contributed by atoms with Crippen LogP contribution in [0.4, 0.5) is 0 Å². The predicted molar refractivity (Wildman–Crippen MR) is 66.3 cm³/mol. The van der Waals surface area contributed by atoms with Crippen LogP contribution in [0.1, 0.15) is 38.4 Å². The van der Waals surface area contributed by atoms with Crippen molar-refractivity contribution >= 4 is 16.3 Å². The summed E-state index contributed by atoms with van der Waals surface area (Å²) in [4.78, 5) is -0.392. The molecule has 1 aromatic heterocycles. The lowest BCUT2D eigenvalue weighted by Crippen LogP contribution is -2.09. The molecule has 1 N–H and O–H groups in total. The van der Waals surface area contributed by atoms with Crippen LogP contribution in [0.25, 0.3) is 0 Å². The predicted octanol–water partition coefficient (Wildman–Crippen LogP) is 2.04. The first-order valence-corrected chi connectivity index (χ1v) is 7.22. The number of hydrogen-bond acceptors (Lipinski definition) is 4. The molecule has 0 amide bonds. The minimum absolute atomic E-state index is 0.150. The van der Waals surface area contributed by atoms with Crippen molar-refractivity contribution in [2.45, 2.75) is 37.5 Å².